The number of hydrogen-bond acceptors (Lipinski definition) is 6. The van der Waals surface area contributed by atoms with Crippen molar-refractivity contribution in [2.75, 3.05) is 11.9 Å². The first-order valence-electron chi connectivity index (χ1n) is 12.9. The molecular weight excluding hydrogens is 493 g/mol. The van der Waals surface area contributed by atoms with E-state index in [4.69, 9.17) is 0 Å². The van der Waals surface area contributed by atoms with Crippen LogP contribution >= 0.6 is 0 Å². The Labute approximate surface area is 219 Å². The summed E-state index contributed by atoms with van der Waals surface area (Å²) in [4.78, 5) is 41.2. The van der Waals surface area contributed by atoms with Crippen LogP contribution in [0.4, 0.5) is 10.1 Å². The third kappa shape index (κ3) is 6.01. The van der Waals surface area contributed by atoms with Gasteiger partial charge in [-0.15, -0.1) is 0 Å². The number of aromatic amines is 1. The molecule has 1 unspecified atom stereocenters. The van der Waals surface area contributed by atoms with E-state index in [1.54, 1.807) is 16.9 Å². The third-order valence-corrected chi connectivity index (χ3v) is 7.11. The van der Waals surface area contributed by atoms with Crippen molar-refractivity contribution in [2.24, 2.45) is 11.8 Å². The number of anilines is 1. The van der Waals surface area contributed by atoms with Crippen LogP contribution in [0.5, 0.6) is 0 Å². The number of rotatable bonds is 9. The van der Waals surface area contributed by atoms with E-state index in [-0.39, 0.29) is 23.4 Å². The van der Waals surface area contributed by atoms with Gasteiger partial charge in [0.25, 0.3) is 11.5 Å². The molecule has 3 heterocycles. The maximum absolute atomic E-state index is 13.7. The van der Waals surface area contributed by atoms with Gasteiger partial charge in [-0.3, -0.25) is 23.7 Å². The van der Waals surface area contributed by atoms with Gasteiger partial charge in [-0.25, -0.2) is 4.39 Å². The van der Waals surface area contributed by atoms with Gasteiger partial charge < -0.3 is 20.7 Å². The number of carbonyl (C=O) groups is 2. The molecule has 3 aromatic rings. The van der Waals surface area contributed by atoms with Crippen LogP contribution < -0.4 is 16.2 Å². The van der Waals surface area contributed by atoms with Gasteiger partial charge in [0.2, 0.25) is 5.91 Å². The molecule has 0 aromatic carbocycles. The Bertz CT molecular complexity index is 1320. The van der Waals surface area contributed by atoms with Gasteiger partial charge in [0, 0.05) is 30.2 Å². The smallest absolute Gasteiger partial charge is 0.270 e. The van der Waals surface area contributed by atoms with E-state index in [1.165, 1.54) is 17.1 Å². The lowest BCUT2D eigenvalue weighted by Crippen LogP contribution is -2.49. The maximum atomic E-state index is 13.7. The standard InChI is InChI=1S/C26H34FN7O4/c1-15(2)34-21(8-9-29-34)25(37)32-23(17-6-4-16(3)5-7-17)26(38)31-19-12-30-33(13-19)22(14-35)20-10-18(27)11-28-24(20)36/h8-13,15-17,22-23,35H,4-7,14H2,1-3H3,(H,28,36)(H,31,38)(H,32,37)/t16?,17?,22?,23-/m0/s1. The van der Waals surface area contributed by atoms with E-state index in [0.717, 1.165) is 37.9 Å². The van der Waals surface area contributed by atoms with E-state index in [0.29, 0.717) is 17.3 Å². The topological polar surface area (TPSA) is 147 Å². The SMILES string of the molecule is CC1CCC([C@H](NC(=O)c2ccnn2C(C)C)C(=O)Nc2cnn(C(CO)c3cc(F)c[nH]c3=O)c2)CC1. The lowest BCUT2D eigenvalue weighted by Gasteiger charge is -2.32. The Morgan fingerprint density at radius 2 is 1.97 bits per heavy atom. The molecule has 0 radical (unpaired) electrons. The van der Waals surface area contributed by atoms with Crippen LogP contribution in [0.15, 0.2) is 41.7 Å². The Kier molecular flexibility index (Phi) is 8.40. The Morgan fingerprint density at radius 1 is 1.24 bits per heavy atom. The molecule has 0 saturated heterocycles. The van der Waals surface area contributed by atoms with Gasteiger partial charge in [0.05, 0.1) is 18.5 Å². The van der Waals surface area contributed by atoms with Gasteiger partial charge >= 0.3 is 0 Å². The molecule has 3 aromatic heterocycles. The average molecular weight is 528 g/mol. The number of amides is 2. The fraction of sp³-hybridized carbons (Fsp3) is 0.500. The first-order valence-corrected chi connectivity index (χ1v) is 12.9. The van der Waals surface area contributed by atoms with E-state index in [1.807, 2.05) is 13.8 Å². The minimum Gasteiger partial charge on any atom is -0.394 e. The summed E-state index contributed by atoms with van der Waals surface area (Å²) in [5.74, 6) is -0.907. The Hall–Kier alpha value is -3.80. The molecule has 2 atom stereocenters. The quantitative estimate of drug-likeness (QED) is 0.336. The number of aliphatic hydroxyl groups excluding tert-OH is 1. The highest BCUT2D eigenvalue weighted by molar-refractivity contribution is 6.00. The minimum atomic E-state index is -0.952. The number of carbonyl (C=O) groups excluding carboxylic acids is 2. The van der Waals surface area contributed by atoms with E-state index in [2.05, 4.69) is 32.7 Å². The molecular formula is C26H34FN7O4. The van der Waals surface area contributed by atoms with Gasteiger partial charge in [0.1, 0.15) is 23.6 Å². The highest BCUT2D eigenvalue weighted by atomic mass is 19.1. The van der Waals surface area contributed by atoms with Gasteiger partial charge in [-0.05, 0) is 50.7 Å². The van der Waals surface area contributed by atoms with Crippen LogP contribution in [0.25, 0.3) is 0 Å². The third-order valence-electron chi connectivity index (χ3n) is 7.11. The molecule has 1 fully saturated rings. The Balaban J connectivity index is 1.54. The summed E-state index contributed by atoms with van der Waals surface area (Å²) in [6.07, 6.45) is 8.86. The second-order valence-corrected chi connectivity index (χ2v) is 10.2. The van der Waals surface area contributed by atoms with Gasteiger partial charge in [-0.2, -0.15) is 10.2 Å². The lowest BCUT2D eigenvalue weighted by molar-refractivity contribution is -0.119. The fourth-order valence-corrected chi connectivity index (χ4v) is 4.98. The highest BCUT2D eigenvalue weighted by Crippen LogP contribution is 2.31. The second-order valence-electron chi connectivity index (χ2n) is 10.2. The zero-order valence-corrected chi connectivity index (χ0v) is 21.7. The number of pyridine rings is 1. The number of aliphatic hydroxyl groups is 1. The molecule has 1 aliphatic carbocycles. The Morgan fingerprint density at radius 3 is 2.66 bits per heavy atom. The van der Waals surface area contributed by atoms with Crippen LogP contribution in [0, 0.1) is 17.7 Å². The molecule has 4 rings (SSSR count). The fourth-order valence-electron chi connectivity index (χ4n) is 4.98. The zero-order chi connectivity index (χ0) is 27.4. The molecule has 12 heteroatoms. The summed E-state index contributed by atoms with van der Waals surface area (Å²) < 4.78 is 16.6. The van der Waals surface area contributed by atoms with Gasteiger partial charge in [-0.1, -0.05) is 19.8 Å². The number of hydrogen-bond donors (Lipinski definition) is 4. The summed E-state index contributed by atoms with van der Waals surface area (Å²) in [6.45, 7) is 5.52. The van der Waals surface area contributed by atoms with Crippen molar-refractivity contribution in [1.82, 2.24) is 29.9 Å². The molecule has 204 valence electrons. The predicted octanol–water partition coefficient (Wildman–Crippen LogP) is 2.63. The normalized spacial score (nSPS) is 19.2. The number of halogens is 1. The van der Waals surface area contributed by atoms with Crippen LogP contribution in [0.3, 0.4) is 0 Å². The summed E-state index contributed by atoms with van der Waals surface area (Å²) in [5.41, 5.74) is 0.135. The first-order chi connectivity index (χ1) is 18.2. The number of nitrogens with zero attached hydrogens (tertiary/aromatic N) is 4. The summed E-state index contributed by atoms with van der Waals surface area (Å²) in [5, 5.41) is 24.0. The van der Waals surface area contributed by atoms with Crippen molar-refractivity contribution in [3.05, 3.63) is 64.3 Å². The van der Waals surface area contributed by atoms with Crippen molar-refractivity contribution in [1.29, 1.82) is 0 Å². The molecule has 1 aliphatic rings. The first kappa shape index (κ1) is 27.2. The van der Waals surface area contributed by atoms with Crippen LogP contribution in [0.1, 0.15) is 74.6 Å². The van der Waals surface area contributed by atoms with Crippen LogP contribution in [-0.4, -0.2) is 54.1 Å². The van der Waals surface area contributed by atoms with Crippen LogP contribution in [0.2, 0.25) is 0 Å². The number of aromatic nitrogens is 5. The second kappa shape index (κ2) is 11.7. The largest absolute Gasteiger partial charge is 0.394 e. The molecule has 0 aliphatic heterocycles. The van der Waals surface area contributed by atoms with Crippen molar-refractivity contribution < 1.29 is 19.1 Å². The monoisotopic (exact) mass is 527 g/mol. The molecule has 38 heavy (non-hydrogen) atoms. The molecule has 4 N–H and O–H groups in total. The minimum absolute atomic E-state index is 0.00305. The predicted molar refractivity (Wildman–Crippen MR) is 138 cm³/mol. The molecule has 0 bridgehead atoms. The highest BCUT2D eigenvalue weighted by Gasteiger charge is 2.33. The van der Waals surface area contributed by atoms with E-state index in [9.17, 15) is 23.9 Å². The lowest BCUT2D eigenvalue weighted by atomic mass is 9.79. The summed E-state index contributed by atoms with van der Waals surface area (Å²) in [7, 11) is 0. The zero-order valence-electron chi connectivity index (χ0n) is 21.7. The summed E-state index contributed by atoms with van der Waals surface area (Å²) >= 11 is 0. The molecule has 0 spiro atoms. The molecule has 2 amide bonds. The van der Waals surface area contributed by atoms with E-state index < -0.39 is 36.0 Å². The number of H-pyrrole nitrogens is 1. The van der Waals surface area contributed by atoms with Crippen molar-refractivity contribution in [3.8, 4) is 0 Å². The van der Waals surface area contributed by atoms with Crippen LogP contribution in [-0.2, 0) is 4.79 Å². The van der Waals surface area contributed by atoms with Crippen molar-refractivity contribution >= 4 is 17.5 Å². The van der Waals surface area contributed by atoms with Gasteiger partial charge in [0.15, 0.2) is 0 Å². The van der Waals surface area contributed by atoms with Crippen molar-refractivity contribution in [2.45, 2.75) is 64.6 Å². The molecule has 11 nitrogen and oxygen atoms in total. The maximum Gasteiger partial charge on any atom is 0.270 e. The molecule has 1 saturated carbocycles. The summed E-state index contributed by atoms with van der Waals surface area (Å²) in [6, 6.07) is 0.905. The average Bonchev–Trinajstić information content (AvgIpc) is 3.56. The van der Waals surface area contributed by atoms with Crippen molar-refractivity contribution in [3.63, 3.8) is 0 Å². The van der Waals surface area contributed by atoms with E-state index >= 15 is 0 Å². The number of nitrogens with one attached hydrogen (secondary N) is 3.